The lowest BCUT2D eigenvalue weighted by atomic mass is 9.91. The van der Waals surface area contributed by atoms with Gasteiger partial charge in [-0.05, 0) is 50.1 Å². The molecule has 0 atom stereocenters. The maximum Gasteiger partial charge on any atom is 0.230 e. The van der Waals surface area contributed by atoms with Gasteiger partial charge >= 0.3 is 0 Å². The van der Waals surface area contributed by atoms with Crippen LogP contribution in [-0.2, 0) is 14.3 Å². The van der Waals surface area contributed by atoms with Crippen molar-refractivity contribution in [3.63, 3.8) is 0 Å². The van der Waals surface area contributed by atoms with Crippen LogP contribution >= 0.6 is 0 Å². The van der Waals surface area contributed by atoms with Crippen molar-refractivity contribution in [2.75, 3.05) is 44.8 Å². The third-order valence-corrected chi connectivity index (χ3v) is 5.87. The zero-order valence-corrected chi connectivity index (χ0v) is 20.5. The minimum absolute atomic E-state index is 0.00413. The number of halogens is 1. The molecule has 1 saturated heterocycles. The van der Waals surface area contributed by atoms with Gasteiger partial charge in [0.1, 0.15) is 5.82 Å². The van der Waals surface area contributed by atoms with Crippen LogP contribution in [0.4, 0.5) is 10.3 Å². The molecule has 12 heteroatoms. The summed E-state index contributed by atoms with van der Waals surface area (Å²) in [5.41, 5.74) is 1.41. The molecule has 1 aliphatic rings. The summed E-state index contributed by atoms with van der Waals surface area (Å²) in [4.78, 5) is 29.3. The summed E-state index contributed by atoms with van der Waals surface area (Å²) in [7, 11) is 0. The van der Waals surface area contributed by atoms with Crippen molar-refractivity contribution >= 4 is 11.9 Å². The van der Waals surface area contributed by atoms with E-state index in [-0.39, 0.29) is 38.2 Å². The number of nitrogens with one attached hydrogen (secondary N) is 3. The molecule has 4 rings (SSSR count). The Morgan fingerprint density at radius 1 is 1.11 bits per heavy atom. The molecule has 1 aromatic carbocycles. The molecule has 0 bridgehead atoms. The van der Waals surface area contributed by atoms with Gasteiger partial charge in [-0.2, -0.15) is 0 Å². The van der Waals surface area contributed by atoms with E-state index in [0.29, 0.717) is 60.3 Å². The highest BCUT2D eigenvalue weighted by molar-refractivity contribution is 5.82. The fraction of sp³-hybridized carbons (Fsp3) is 0.440. The third-order valence-electron chi connectivity index (χ3n) is 5.87. The molecule has 0 saturated carbocycles. The molecule has 1 amide bonds. The number of hydrogen-bond donors (Lipinski definition) is 5. The first kappa shape index (κ1) is 26.6. The van der Waals surface area contributed by atoms with Crippen LogP contribution in [-0.4, -0.2) is 75.6 Å². The standard InChI is InChI=1S/C25H31FN6O5/c1-25(23(35)27-9-2-12-33)14-36-22(37-15-25)21-31-19(16-4-6-17(26)7-5-16)20(32-21)18-8-11-29-24(30-18)28-10-3-13-34/h4-8,11,22,33-34H,2-3,9-10,12-15H2,1H3,(H,27,35)(H,31,32)(H,28,29,30). The Balaban J connectivity index is 1.58. The molecular weight excluding hydrogens is 483 g/mol. The number of H-pyrrole nitrogens is 1. The zero-order chi connectivity index (χ0) is 26.3. The number of benzene rings is 1. The monoisotopic (exact) mass is 514 g/mol. The predicted octanol–water partition coefficient (Wildman–Crippen LogP) is 2.02. The average molecular weight is 515 g/mol. The van der Waals surface area contributed by atoms with Gasteiger partial charge in [-0.15, -0.1) is 0 Å². The van der Waals surface area contributed by atoms with Crippen LogP contribution in [0.25, 0.3) is 22.6 Å². The second kappa shape index (κ2) is 12.2. The van der Waals surface area contributed by atoms with Crippen molar-refractivity contribution in [1.82, 2.24) is 25.3 Å². The molecule has 198 valence electrons. The number of imidazole rings is 1. The molecule has 3 aromatic rings. The van der Waals surface area contributed by atoms with Gasteiger partial charge in [-0.25, -0.2) is 19.3 Å². The number of anilines is 1. The molecule has 5 N–H and O–H groups in total. The summed E-state index contributed by atoms with van der Waals surface area (Å²) >= 11 is 0. The predicted molar refractivity (Wildman–Crippen MR) is 133 cm³/mol. The summed E-state index contributed by atoms with van der Waals surface area (Å²) in [5, 5.41) is 23.8. The molecule has 3 heterocycles. The molecule has 1 aliphatic heterocycles. The Morgan fingerprint density at radius 2 is 1.81 bits per heavy atom. The Morgan fingerprint density at radius 3 is 2.51 bits per heavy atom. The van der Waals surface area contributed by atoms with Gasteiger partial charge in [0.15, 0.2) is 5.82 Å². The van der Waals surface area contributed by atoms with Gasteiger partial charge in [0, 0.05) is 38.1 Å². The molecule has 1 fully saturated rings. The lowest BCUT2D eigenvalue weighted by molar-refractivity contribution is -0.231. The summed E-state index contributed by atoms with van der Waals surface area (Å²) in [6, 6.07) is 7.67. The highest BCUT2D eigenvalue weighted by Crippen LogP contribution is 2.35. The topological polar surface area (TPSA) is 155 Å². The third kappa shape index (κ3) is 6.46. The van der Waals surface area contributed by atoms with Crippen LogP contribution < -0.4 is 10.6 Å². The van der Waals surface area contributed by atoms with Crippen LogP contribution in [0.3, 0.4) is 0 Å². The number of ether oxygens (including phenoxy) is 2. The van der Waals surface area contributed by atoms with Gasteiger partial charge < -0.3 is 35.3 Å². The van der Waals surface area contributed by atoms with Gasteiger partial charge in [0.25, 0.3) is 0 Å². The van der Waals surface area contributed by atoms with Crippen molar-refractivity contribution in [1.29, 1.82) is 0 Å². The van der Waals surface area contributed by atoms with Crippen molar-refractivity contribution < 1.29 is 28.9 Å². The molecule has 2 aromatic heterocycles. The van der Waals surface area contributed by atoms with Crippen molar-refractivity contribution in [3.05, 3.63) is 48.2 Å². The van der Waals surface area contributed by atoms with Gasteiger partial charge in [-0.3, -0.25) is 4.79 Å². The highest BCUT2D eigenvalue weighted by atomic mass is 19.1. The molecule has 0 aliphatic carbocycles. The first-order valence-electron chi connectivity index (χ1n) is 12.1. The van der Waals surface area contributed by atoms with Crippen LogP contribution in [0.2, 0.25) is 0 Å². The second-order valence-electron chi connectivity index (χ2n) is 8.97. The van der Waals surface area contributed by atoms with E-state index in [4.69, 9.17) is 24.7 Å². The first-order valence-corrected chi connectivity index (χ1v) is 12.1. The van der Waals surface area contributed by atoms with Crippen LogP contribution in [0.1, 0.15) is 31.9 Å². The second-order valence-corrected chi connectivity index (χ2v) is 8.97. The summed E-state index contributed by atoms with van der Waals surface area (Å²) in [6.07, 6.45) is 1.77. The summed E-state index contributed by atoms with van der Waals surface area (Å²) < 4.78 is 25.4. The first-order chi connectivity index (χ1) is 17.9. The number of carbonyl (C=O) groups excluding carboxylic acids is 1. The van der Waals surface area contributed by atoms with E-state index in [1.807, 2.05) is 0 Å². The maximum atomic E-state index is 13.6. The van der Waals surface area contributed by atoms with E-state index in [2.05, 4.69) is 25.6 Å². The minimum Gasteiger partial charge on any atom is -0.396 e. The highest BCUT2D eigenvalue weighted by Gasteiger charge is 2.40. The number of hydrogen-bond acceptors (Lipinski definition) is 9. The Labute approximate surface area is 213 Å². The number of aliphatic hydroxyl groups is 2. The van der Waals surface area contributed by atoms with E-state index in [0.717, 1.165) is 0 Å². The van der Waals surface area contributed by atoms with Crippen molar-refractivity contribution in [2.45, 2.75) is 26.1 Å². The SMILES string of the molecule is CC1(C(=O)NCCCO)COC(c2nc(-c3ccc(F)cc3)c(-c3ccnc(NCCCO)n3)[nH]2)OC1. The normalized spacial score (nSPS) is 19.5. The molecule has 0 spiro atoms. The average Bonchev–Trinajstić information content (AvgIpc) is 3.35. The van der Waals surface area contributed by atoms with Crippen molar-refractivity contribution in [3.8, 4) is 22.6 Å². The Hall–Kier alpha value is -3.45. The van der Waals surface area contributed by atoms with Gasteiger partial charge in [-0.1, -0.05) is 0 Å². The van der Waals surface area contributed by atoms with E-state index in [1.54, 1.807) is 31.3 Å². The number of aromatic amines is 1. The van der Waals surface area contributed by atoms with Crippen LogP contribution in [0.15, 0.2) is 36.5 Å². The molecule has 11 nitrogen and oxygen atoms in total. The quantitative estimate of drug-likeness (QED) is 0.242. The van der Waals surface area contributed by atoms with Crippen LogP contribution in [0, 0.1) is 11.2 Å². The smallest absolute Gasteiger partial charge is 0.230 e. The number of aromatic nitrogens is 4. The Bertz CT molecular complexity index is 1180. The zero-order valence-electron chi connectivity index (χ0n) is 20.5. The molecule has 0 unspecified atom stereocenters. The van der Waals surface area contributed by atoms with Gasteiger partial charge in [0.2, 0.25) is 18.1 Å². The molecule has 0 radical (unpaired) electrons. The number of aliphatic hydroxyl groups excluding tert-OH is 2. The van der Waals surface area contributed by atoms with E-state index in [1.165, 1.54) is 12.1 Å². The Kier molecular flexibility index (Phi) is 8.77. The summed E-state index contributed by atoms with van der Waals surface area (Å²) in [6.45, 7) is 2.89. The van der Waals surface area contributed by atoms with Crippen LogP contribution in [0.5, 0.6) is 0 Å². The maximum absolute atomic E-state index is 13.6. The lowest BCUT2D eigenvalue weighted by Crippen LogP contribution is -2.48. The van der Waals surface area contributed by atoms with E-state index < -0.39 is 11.7 Å². The molecular formula is C25H31FN6O5. The number of rotatable bonds is 11. The largest absolute Gasteiger partial charge is 0.396 e. The number of amides is 1. The number of nitrogens with zero attached hydrogens (tertiary/aromatic N) is 3. The molecule has 37 heavy (non-hydrogen) atoms. The lowest BCUT2D eigenvalue weighted by Gasteiger charge is -2.35. The van der Waals surface area contributed by atoms with E-state index >= 15 is 0 Å². The fourth-order valence-corrected chi connectivity index (χ4v) is 3.76. The van der Waals surface area contributed by atoms with Gasteiger partial charge in [0.05, 0.1) is 35.7 Å². The minimum atomic E-state index is -0.886. The van der Waals surface area contributed by atoms with Crippen molar-refractivity contribution in [2.24, 2.45) is 5.41 Å². The number of carbonyl (C=O) groups is 1. The van der Waals surface area contributed by atoms with E-state index in [9.17, 15) is 9.18 Å². The fourth-order valence-electron chi connectivity index (χ4n) is 3.76. The summed E-state index contributed by atoms with van der Waals surface area (Å²) in [5.74, 6) is 0.188.